The maximum Gasteiger partial charge on any atom is 0.140 e. The lowest BCUT2D eigenvalue weighted by Gasteiger charge is -2.41. The van der Waals surface area contributed by atoms with Gasteiger partial charge in [-0.25, -0.2) is 0 Å². The van der Waals surface area contributed by atoms with E-state index in [2.05, 4.69) is 39.8 Å². The molecule has 1 saturated carbocycles. The van der Waals surface area contributed by atoms with Gasteiger partial charge in [-0.15, -0.1) is 0 Å². The summed E-state index contributed by atoms with van der Waals surface area (Å²) < 4.78 is 5.50. The molecular formula is C16H27NO2. The van der Waals surface area contributed by atoms with Gasteiger partial charge in [-0.3, -0.25) is 0 Å². The third-order valence-corrected chi connectivity index (χ3v) is 5.45. The van der Waals surface area contributed by atoms with Crippen molar-refractivity contribution in [3.8, 4) is 0 Å². The first-order valence-electron chi connectivity index (χ1n) is 7.47. The molecule has 0 saturated heterocycles. The molecule has 2 rings (SSSR count). The third kappa shape index (κ3) is 2.33. The van der Waals surface area contributed by atoms with E-state index in [1.54, 1.807) is 0 Å². The number of hydrogen-bond acceptors (Lipinski definition) is 3. The number of rotatable bonds is 4. The molecular weight excluding hydrogens is 238 g/mol. The SMILES string of the molecule is CC(C)C1CC[C@H](c2cc(CO)no2)[C@@]1(C)C(C)C. The second-order valence-electron chi connectivity index (χ2n) is 6.88. The Morgan fingerprint density at radius 1 is 1.37 bits per heavy atom. The van der Waals surface area contributed by atoms with E-state index in [4.69, 9.17) is 9.63 Å². The van der Waals surface area contributed by atoms with Gasteiger partial charge < -0.3 is 9.63 Å². The van der Waals surface area contributed by atoms with E-state index in [9.17, 15) is 0 Å². The quantitative estimate of drug-likeness (QED) is 0.895. The number of aliphatic hydroxyl groups excluding tert-OH is 1. The van der Waals surface area contributed by atoms with Crippen LogP contribution in [0.3, 0.4) is 0 Å². The average Bonchev–Trinajstić information content (AvgIpc) is 2.93. The molecule has 1 fully saturated rings. The molecule has 1 aliphatic rings. The van der Waals surface area contributed by atoms with Crippen LogP contribution in [0.4, 0.5) is 0 Å². The predicted molar refractivity (Wildman–Crippen MR) is 75.7 cm³/mol. The molecule has 0 radical (unpaired) electrons. The summed E-state index contributed by atoms with van der Waals surface area (Å²) >= 11 is 0. The summed E-state index contributed by atoms with van der Waals surface area (Å²) in [6.07, 6.45) is 2.42. The Bertz CT molecular complexity index is 424. The monoisotopic (exact) mass is 265 g/mol. The number of hydrogen-bond donors (Lipinski definition) is 1. The lowest BCUT2D eigenvalue weighted by Crippen LogP contribution is -2.35. The van der Waals surface area contributed by atoms with E-state index in [0.29, 0.717) is 23.4 Å². The first-order valence-corrected chi connectivity index (χ1v) is 7.47. The lowest BCUT2D eigenvalue weighted by molar-refractivity contribution is 0.0819. The largest absolute Gasteiger partial charge is 0.390 e. The van der Waals surface area contributed by atoms with Gasteiger partial charge in [0.2, 0.25) is 0 Å². The predicted octanol–water partition coefficient (Wildman–Crippen LogP) is 3.98. The van der Waals surface area contributed by atoms with Crippen LogP contribution in [0.15, 0.2) is 10.6 Å². The molecule has 19 heavy (non-hydrogen) atoms. The fourth-order valence-electron chi connectivity index (χ4n) is 4.12. The first kappa shape index (κ1) is 14.6. The topological polar surface area (TPSA) is 46.3 Å². The van der Waals surface area contributed by atoms with Crippen LogP contribution in [0, 0.1) is 23.2 Å². The van der Waals surface area contributed by atoms with E-state index in [0.717, 1.165) is 18.1 Å². The number of aromatic nitrogens is 1. The molecule has 1 heterocycles. The molecule has 0 amide bonds. The minimum Gasteiger partial charge on any atom is -0.390 e. The van der Waals surface area contributed by atoms with E-state index >= 15 is 0 Å². The zero-order chi connectivity index (χ0) is 14.2. The number of aliphatic hydroxyl groups is 1. The van der Waals surface area contributed by atoms with Gasteiger partial charge >= 0.3 is 0 Å². The normalized spacial score (nSPS) is 31.6. The summed E-state index contributed by atoms with van der Waals surface area (Å²) in [4.78, 5) is 0. The molecule has 0 bridgehead atoms. The lowest BCUT2D eigenvalue weighted by atomic mass is 9.62. The highest BCUT2D eigenvalue weighted by atomic mass is 16.5. The van der Waals surface area contributed by atoms with Crippen molar-refractivity contribution in [2.75, 3.05) is 0 Å². The van der Waals surface area contributed by atoms with Crippen molar-refractivity contribution < 1.29 is 9.63 Å². The Morgan fingerprint density at radius 3 is 2.53 bits per heavy atom. The van der Waals surface area contributed by atoms with E-state index in [1.807, 2.05) is 6.07 Å². The zero-order valence-corrected chi connectivity index (χ0v) is 12.8. The molecule has 0 aromatic carbocycles. The smallest absolute Gasteiger partial charge is 0.140 e. The van der Waals surface area contributed by atoms with Crippen molar-refractivity contribution in [2.24, 2.45) is 23.2 Å². The molecule has 1 aromatic heterocycles. The molecule has 1 unspecified atom stereocenters. The Hall–Kier alpha value is -0.830. The van der Waals surface area contributed by atoms with Crippen LogP contribution in [0.25, 0.3) is 0 Å². The molecule has 3 heteroatoms. The van der Waals surface area contributed by atoms with Crippen LogP contribution >= 0.6 is 0 Å². The summed E-state index contributed by atoms with van der Waals surface area (Å²) in [6.45, 7) is 11.7. The molecule has 3 nitrogen and oxygen atoms in total. The molecule has 3 atom stereocenters. The molecule has 1 aliphatic carbocycles. The Morgan fingerprint density at radius 2 is 2.05 bits per heavy atom. The van der Waals surface area contributed by atoms with Crippen molar-refractivity contribution in [3.63, 3.8) is 0 Å². The summed E-state index contributed by atoms with van der Waals surface area (Å²) in [5, 5.41) is 13.1. The van der Waals surface area contributed by atoms with Gasteiger partial charge in [-0.2, -0.15) is 0 Å². The van der Waals surface area contributed by atoms with Gasteiger partial charge in [-0.1, -0.05) is 39.8 Å². The summed E-state index contributed by atoms with van der Waals surface area (Å²) in [7, 11) is 0. The Labute approximate surface area is 116 Å². The highest BCUT2D eigenvalue weighted by Crippen LogP contribution is 2.59. The highest BCUT2D eigenvalue weighted by Gasteiger charge is 2.51. The van der Waals surface area contributed by atoms with E-state index in [1.165, 1.54) is 6.42 Å². The Balaban J connectivity index is 2.34. The van der Waals surface area contributed by atoms with Gasteiger partial charge in [0.1, 0.15) is 11.5 Å². The Kier molecular flexibility index (Phi) is 4.05. The van der Waals surface area contributed by atoms with Crippen LogP contribution in [-0.2, 0) is 6.61 Å². The van der Waals surface area contributed by atoms with Crippen molar-refractivity contribution in [1.29, 1.82) is 0 Å². The van der Waals surface area contributed by atoms with Gasteiger partial charge in [0.25, 0.3) is 0 Å². The highest BCUT2D eigenvalue weighted by molar-refractivity contribution is 5.17. The minimum atomic E-state index is -0.0395. The standard InChI is InChI=1S/C16H27NO2/c1-10(2)13-6-7-14(16(13,5)11(3)4)15-8-12(9-18)17-19-15/h8,10-11,13-14,18H,6-7,9H2,1-5H3/t13?,14-,16+/m1/s1. The van der Waals surface area contributed by atoms with Gasteiger partial charge in [0.05, 0.1) is 6.61 Å². The molecule has 1 N–H and O–H groups in total. The van der Waals surface area contributed by atoms with Crippen LogP contribution < -0.4 is 0 Å². The second-order valence-corrected chi connectivity index (χ2v) is 6.88. The third-order valence-electron chi connectivity index (χ3n) is 5.45. The average molecular weight is 265 g/mol. The van der Waals surface area contributed by atoms with Crippen molar-refractivity contribution in [3.05, 3.63) is 17.5 Å². The fourth-order valence-corrected chi connectivity index (χ4v) is 4.12. The summed E-state index contributed by atoms with van der Waals surface area (Å²) in [6, 6.07) is 1.94. The first-order chi connectivity index (χ1) is 8.91. The van der Waals surface area contributed by atoms with Crippen LogP contribution in [0.2, 0.25) is 0 Å². The minimum absolute atomic E-state index is 0.0395. The van der Waals surface area contributed by atoms with E-state index < -0.39 is 0 Å². The maximum atomic E-state index is 9.15. The van der Waals surface area contributed by atoms with Crippen LogP contribution in [-0.4, -0.2) is 10.3 Å². The molecule has 0 spiro atoms. The summed E-state index contributed by atoms with van der Waals surface area (Å²) in [5.74, 6) is 3.41. The fraction of sp³-hybridized carbons (Fsp3) is 0.812. The molecule has 108 valence electrons. The molecule has 1 aromatic rings. The van der Waals surface area contributed by atoms with Gasteiger partial charge in [0, 0.05) is 12.0 Å². The van der Waals surface area contributed by atoms with Crippen molar-refractivity contribution in [2.45, 2.75) is 60.0 Å². The zero-order valence-electron chi connectivity index (χ0n) is 12.8. The van der Waals surface area contributed by atoms with E-state index in [-0.39, 0.29) is 12.0 Å². The summed E-state index contributed by atoms with van der Waals surface area (Å²) in [5.41, 5.74) is 0.898. The van der Waals surface area contributed by atoms with Gasteiger partial charge in [-0.05, 0) is 36.0 Å². The molecule has 0 aliphatic heterocycles. The van der Waals surface area contributed by atoms with Crippen molar-refractivity contribution >= 4 is 0 Å². The van der Waals surface area contributed by atoms with Gasteiger partial charge in [0.15, 0.2) is 0 Å². The number of nitrogens with zero attached hydrogens (tertiary/aromatic N) is 1. The van der Waals surface area contributed by atoms with Crippen molar-refractivity contribution in [1.82, 2.24) is 5.16 Å². The second kappa shape index (κ2) is 5.28. The van der Waals surface area contributed by atoms with Crippen LogP contribution in [0.1, 0.15) is 64.8 Å². The van der Waals surface area contributed by atoms with Crippen LogP contribution in [0.5, 0.6) is 0 Å². The maximum absolute atomic E-state index is 9.15.